The lowest BCUT2D eigenvalue weighted by atomic mass is 10.2. The van der Waals surface area contributed by atoms with Crippen LogP contribution >= 0.6 is 0 Å². The van der Waals surface area contributed by atoms with Crippen LogP contribution in [0.5, 0.6) is 0 Å². The smallest absolute Gasteiger partial charge is 0.408 e. The second kappa shape index (κ2) is 11.3. The van der Waals surface area contributed by atoms with E-state index in [-0.39, 0.29) is 18.6 Å². The van der Waals surface area contributed by atoms with E-state index in [0.717, 1.165) is 11.1 Å². The number of hydrogen-bond donors (Lipinski definition) is 1. The summed E-state index contributed by atoms with van der Waals surface area (Å²) in [7, 11) is 0. The maximum Gasteiger partial charge on any atom is 0.408 e. The highest BCUT2D eigenvalue weighted by Gasteiger charge is 2.28. The normalized spacial score (nSPS) is 17.2. The zero-order chi connectivity index (χ0) is 21.2. The van der Waals surface area contributed by atoms with Gasteiger partial charge in [-0.2, -0.15) is 0 Å². The zero-order valence-corrected chi connectivity index (χ0v) is 17.2. The van der Waals surface area contributed by atoms with Gasteiger partial charge in [-0.25, -0.2) is 4.79 Å². The van der Waals surface area contributed by atoms with Crippen LogP contribution in [-0.2, 0) is 32.2 Å². The van der Waals surface area contributed by atoms with Crippen molar-refractivity contribution >= 4 is 12.0 Å². The van der Waals surface area contributed by atoms with Crippen LogP contribution in [-0.4, -0.2) is 55.3 Å². The van der Waals surface area contributed by atoms with Gasteiger partial charge in [-0.15, -0.1) is 0 Å². The van der Waals surface area contributed by atoms with E-state index in [4.69, 9.17) is 14.2 Å². The number of hydrogen-bond acceptors (Lipinski definition) is 5. The molecule has 0 aromatic heterocycles. The van der Waals surface area contributed by atoms with E-state index in [1.807, 2.05) is 60.7 Å². The van der Waals surface area contributed by atoms with Gasteiger partial charge in [0.15, 0.2) is 0 Å². The SMILES string of the molecule is CC(NC(=O)OCc1ccccc1)C(=O)N1CCOC(COCc2ccccc2)C1. The molecule has 1 N–H and O–H groups in total. The molecular formula is C23H28N2O5. The van der Waals surface area contributed by atoms with Crippen molar-refractivity contribution in [3.8, 4) is 0 Å². The molecule has 30 heavy (non-hydrogen) atoms. The lowest BCUT2D eigenvalue weighted by molar-refractivity contribution is -0.143. The van der Waals surface area contributed by atoms with Crippen LogP contribution in [0.25, 0.3) is 0 Å². The molecule has 1 aliphatic heterocycles. The summed E-state index contributed by atoms with van der Waals surface area (Å²) in [6, 6.07) is 18.6. The van der Waals surface area contributed by atoms with Crippen molar-refractivity contribution in [1.82, 2.24) is 10.2 Å². The van der Waals surface area contributed by atoms with Gasteiger partial charge >= 0.3 is 6.09 Å². The summed E-state index contributed by atoms with van der Waals surface area (Å²) in [5.74, 6) is -0.164. The predicted molar refractivity (Wildman–Crippen MR) is 112 cm³/mol. The Balaban J connectivity index is 1.39. The van der Waals surface area contributed by atoms with E-state index in [1.165, 1.54) is 0 Å². The van der Waals surface area contributed by atoms with E-state index >= 15 is 0 Å². The van der Waals surface area contributed by atoms with Crippen molar-refractivity contribution in [2.75, 3.05) is 26.3 Å². The number of alkyl carbamates (subject to hydrolysis) is 1. The minimum Gasteiger partial charge on any atom is -0.445 e. The zero-order valence-electron chi connectivity index (χ0n) is 17.2. The number of amides is 2. The van der Waals surface area contributed by atoms with Gasteiger partial charge in [-0.1, -0.05) is 60.7 Å². The van der Waals surface area contributed by atoms with E-state index in [1.54, 1.807) is 11.8 Å². The lowest BCUT2D eigenvalue weighted by Crippen LogP contribution is -2.53. The van der Waals surface area contributed by atoms with Gasteiger partial charge in [0.05, 0.1) is 25.9 Å². The van der Waals surface area contributed by atoms with Gasteiger partial charge < -0.3 is 24.4 Å². The second-order valence-corrected chi connectivity index (χ2v) is 7.21. The first kappa shape index (κ1) is 21.8. The third kappa shape index (κ3) is 6.86. The number of benzene rings is 2. The summed E-state index contributed by atoms with van der Waals surface area (Å²) in [4.78, 5) is 26.4. The molecule has 2 amide bonds. The summed E-state index contributed by atoms with van der Waals surface area (Å²) in [5.41, 5.74) is 1.98. The first-order chi connectivity index (χ1) is 14.6. The Hall–Kier alpha value is -2.90. The minimum absolute atomic E-state index is 0.159. The molecule has 0 saturated carbocycles. The van der Waals surface area contributed by atoms with Crippen molar-refractivity contribution in [2.24, 2.45) is 0 Å². The van der Waals surface area contributed by atoms with Crippen LogP contribution in [0.4, 0.5) is 4.79 Å². The average Bonchev–Trinajstić information content (AvgIpc) is 2.79. The molecule has 0 radical (unpaired) electrons. The monoisotopic (exact) mass is 412 g/mol. The Morgan fingerprint density at radius 3 is 2.37 bits per heavy atom. The molecule has 2 aromatic rings. The number of carbonyl (C=O) groups excluding carboxylic acids is 2. The number of nitrogens with one attached hydrogen (secondary N) is 1. The summed E-state index contributed by atoms with van der Waals surface area (Å²) in [6.45, 7) is 4.07. The number of carbonyl (C=O) groups is 2. The highest BCUT2D eigenvalue weighted by molar-refractivity contribution is 5.85. The minimum atomic E-state index is -0.683. The molecule has 3 rings (SSSR count). The van der Waals surface area contributed by atoms with Crippen LogP contribution in [0.2, 0.25) is 0 Å². The second-order valence-electron chi connectivity index (χ2n) is 7.21. The molecule has 1 aliphatic rings. The average molecular weight is 412 g/mol. The van der Waals surface area contributed by atoms with E-state index in [2.05, 4.69) is 5.32 Å². The number of ether oxygens (including phenoxy) is 3. The largest absolute Gasteiger partial charge is 0.445 e. The standard InChI is InChI=1S/C23H28N2O5/c1-18(24-23(27)30-16-20-10-6-3-7-11-20)22(26)25-12-13-29-21(14-25)17-28-15-19-8-4-2-5-9-19/h2-11,18,21H,12-17H2,1H3,(H,24,27). The predicted octanol–water partition coefficient (Wildman–Crippen LogP) is 2.75. The van der Waals surface area contributed by atoms with Gasteiger partial charge in [0.25, 0.3) is 0 Å². The first-order valence-corrected chi connectivity index (χ1v) is 10.1. The van der Waals surface area contributed by atoms with Gasteiger partial charge in [0, 0.05) is 13.1 Å². The fourth-order valence-electron chi connectivity index (χ4n) is 3.18. The lowest BCUT2D eigenvalue weighted by Gasteiger charge is -2.34. The fourth-order valence-corrected chi connectivity index (χ4v) is 3.18. The Kier molecular flexibility index (Phi) is 8.23. The summed E-state index contributed by atoms with van der Waals surface area (Å²) < 4.78 is 16.6. The molecular weight excluding hydrogens is 384 g/mol. The molecule has 7 heteroatoms. The van der Waals surface area contributed by atoms with Crippen LogP contribution in [0.1, 0.15) is 18.1 Å². The summed E-state index contributed by atoms with van der Waals surface area (Å²) in [5, 5.41) is 2.60. The molecule has 2 atom stereocenters. The molecule has 160 valence electrons. The van der Waals surface area contributed by atoms with Gasteiger partial charge in [0.2, 0.25) is 5.91 Å². The number of morpholine rings is 1. The van der Waals surface area contributed by atoms with E-state index < -0.39 is 12.1 Å². The van der Waals surface area contributed by atoms with Crippen LogP contribution in [0.3, 0.4) is 0 Å². The van der Waals surface area contributed by atoms with Gasteiger partial charge in [-0.3, -0.25) is 4.79 Å². The molecule has 0 spiro atoms. The van der Waals surface area contributed by atoms with Crippen molar-refractivity contribution in [2.45, 2.75) is 32.3 Å². The maximum absolute atomic E-state index is 12.7. The van der Waals surface area contributed by atoms with Crippen molar-refractivity contribution in [1.29, 1.82) is 0 Å². The molecule has 7 nitrogen and oxygen atoms in total. The fraction of sp³-hybridized carbons (Fsp3) is 0.391. The van der Waals surface area contributed by atoms with Crippen molar-refractivity contribution in [3.63, 3.8) is 0 Å². The molecule has 1 fully saturated rings. The number of nitrogens with zero attached hydrogens (tertiary/aromatic N) is 1. The van der Waals surface area contributed by atoms with Crippen LogP contribution in [0.15, 0.2) is 60.7 Å². The quantitative estimate of drug-likeness (QED) is 0.722. The maximum atomic E-state index is 12.7. The first-order valence-electron chi connectivity index (χ1n) is 10.1. The van der Waals surface area contributed by atoms with E-state index in [9.17, 15) is 9.59 Å². The summed E-state index contributed by atoms with van der Waals surface area (Å²) >= 11 is 0. The number of rotatable bonds is 8. The van der Waals surface area contributed by atoms with E-state index in [0.29, 0.717) is 32.9 Å². The van der Waals surface area contributed by atoms with Crippen molar-refractivity contribution < 1.29 is 23.8 Å². The Morgan fingerprint density at radius 1 is 1.07 bits per heavy atom. The highest BCUT2D eigenvalue weighted by Crippen LogP contribution is 2.10. The molecule has 1 saturated heterocycles. The topological polar surface area (TPSA) is 77.1 Å². The highest BCUT2D eigenvalue weighted by atomic mass is 16.5. The molecule has 1 heterocycles. The molecule has 0 aliphatic carbocycles. The summed E-state index contributed by atoms with van der Waals surface area (Å²) in [6.07, 6.45) is -0.806. The Morgan fingerprint density at radius 2 is 1.70 bits per heavy atom. The molecule has 0 bridgehead atoms. The molecule has 2 unspecified atom stereocenters. The third-order valence-electron chi connectivity index (χ3n) is 4.78. The van der Waals surface area contributed by atoms with Gasteiger partial charge in [-0.05, 0) is 18.1 Å². The van der Waals surface area contributed by atoms with Gasteiger partial charge in [0.1, 0.15) is 12.6 Å². The third-order valence-corrected chi connectivity index (χ3v) is 4.78. The Bertz CT molecular complexity index is 800. The van der Waals surface area contributed by atoms with Crippen LogP contribution in [0, 0.1) is 0 Å². The van der Waals surface area contributed by atoms with Crippen molar-refractivity contribution in [3.05, 3.63) is 71.8 Å². The van der Waals surface area contributed by atoms with Crippen LogP contribution < -0.4 is 5.32 Å². The molecule has 2 aromatic carbocycles. The Labute approximate surface area is 176 Å².